The van der Waals surface area contributed by atoms with Crippen molar-refractivity contribution in [2.75, 3.05) is 44.3 Å². The lowest BCUT2D eigenvalue weighted by molar-refractivity contribution is -0.0551. The van der Waals surface area contributed by atoms with Crippen molar-refractivity contribution in [1.29, 1.82) is 0 Å². The van der Waals surface area contributed by atoms with E-state index in [1.807, 2.05) is 31.2 Å². The Morgan fingerprint density at radius 3 is 2.67 bits per heavy atom. The van der Waals surface area contributed by atoms with Crippen molar-refractivity contribution >= 4 is 40.0 Å². The summed E-state index contributed by atoms with van der Waals surface area (Å²) in [6, 6.07) is 10.7. The molecule has 0 spiro atoms. The first-order chi connectivity index (χ1) is 22.0. The molecule has 1 aromatic heterocycles. The Bertz CT molecular complexity index is 1640. The molecule has 2 unspecified atom stereocenters. The Labute approximate surface area is 276 Å². The lowest BCUT2D eigenvalue weighted by Crippen LogP contribution is -2.51. The summed E-state index contributed by atoms with van der Waals surface area (Å²) in [5.74, 6) is 0.280. The number of benzene rings is 2. The van der Waals surface area contributed by atoms with E-state index in [2.05, 4.69) is 40.9 Å². The highest BCUT2D eigenvalue weighted by Gasteiger charge is 2.34. The number of aliphatic hydroxyl groups is 1. The van der Waals surface area contributed by atoms with Gasteiger partial charge < -0.3 is 24.8 Å². The third-order valence-corrected chi connectivity index (χ3v) is 9.69. The molecule has 3 aromatic rings. The molecule has 0 radical (unpaired) electrons. The number of ether oxygens (including phenoxy) is 2. The van der Waals surface area contributed by atoms with Crippen molar-refractivity contribution < 1.29 is 19.0 Å². The van der Waals surface area contributed by atoms with Crippen molar-refractivity contribution in [1.82, 2.24) is 20.2 Å². The van der Waals surface area contributed by atoms with E-state index in [-0.39, 0.29) is 39.9 Å². The van der Waals surface area contributed by atoms with Gasteiger partial charge in [-0.3, -0.25) is 4.90 Å². The Hall–Kier alpha value is -3.24. The number of aryl methyl sites for hydroxylation is 1. The molecule has 2 aromatic carbocycles. The first-order valence-corrected chi connectivity index (χ1v) is 16.8. The monoisotopic (exact) mass is 649 g/mol. The highest BCUT2D eigenvalue weighted by molar-refractivity contribution is 6.33. The number of piperazine rings is 1. The van der Waals surface area contributed by atoms with Crippen molar-refractivity contribution in [3.63, 3.8) is 0 Å². The quantitative estimate of drug-likeness (QED) is 0.194. The van der Waals surface area contributed by atoms with Gasteiger partial charge >= 0.3 is 6.01 Å². The number of hydrogen-bond acceptors (Lipinski definition) is 8. The van der Waals surface area contributed by atoms with Crippen LogP contribution in [-0.4, -0.2) is 83.6 Å². The Balaban J connectivity index is 1.33. The Morgan fingerprint density at radius 2 is 1.93 bits per heavy atom. The van der Waals surface area contributed by atoms with Crippen LogP contribution in [-0.2, 0) is 4.74 Å². The third-order valence-electron chi connectivity index (χ3n) is 9.39. The van der Waals surface area contributed by atoms with E-state index in [1.165, 1.54) is 6.08 Å². The Kier molecular flexibility index (Phi) is 9.85. The fourth-order valence-corrected chi connectivity index (χ4v) is 7.28. The third kappa shape index (κ3) is 7.18. The van der Waals surface area contributed by atoms with Gasteiger partial charge in [-0.1, -0.05) is 42.8 Å². The molecular formula is C36H45ClFN5O3. The second-order valence-corrected chi connectivity index (χ2v) is 13.8. The number of aliphatic hydroxyl groups excluding tert-OH is 1. The largest absolute Gasteiger partial charge is 0.508 e. The highest BCUT2D eigenvalue weighted by atomic mass is 35.5. The maximum Gasteiger partial charge on any atom is 0.319 e. The van der Waals surface area contributed by atoms with Gasteiger partial charge in [0.25, 0.3) is 0 Å². The van der Waals surface area contributed by atoms with Crippen LogP contribution in [0, 0.1) is 18.7 Å². The molecule has 0 amide bonds. The molecule has 3 aliphatic heterocycles. The number of nitrogens with one attached hydrogen (secondary N) is 1. The summed E-state index contributed by atoms with van der Waals surface area (Å²) >= 11 is 6.80. The van der Waals surface area contributed by atoms with Gasteiger partial charge in [0.15, 0.2) is 5.82 Å². The average molecular weight is 650 g/mol. The molecule has 3 aliphatic rings. The first kappa shape index (κ1) is 32.7. The van der Waals surface area contributed by atoms with Crippen LogP contribution >= 0.6 is 11.6 Å². The fourth-order valence-electron chi connectivity index (χ4n) is 6.94. The number of halogens is 2. The lowest BCUT2D eigenvalue weighted by Gasteiger charge is -2.38. The van der Waals surface area contributed by atoms with Crippen molar-refractivity contribution in [3.05, 3.63) is 69.7 Å². The van der Waals surface area contributed by atoms with E-state index in [9.17, 15) is 5.11 Å². The van der Waals surface area contributed by atoms with Gasteiger partial charge in [0.1, 0.15) is 17.1 Å². The second kappa shape index (κ2) is 13.9. The maximum atomic E-state index is 16.6. The zero-order chi connectivity index (χ0) is 32.5. The Morgan fingerprint density at radius 1 is 1.20 bits per heavy atom. The van der Waals surface area contributed by atoms with Crippen LogP contribution in [0.4, 0.5) is 10.2 Å². The average Bonchev–Trinajstić information content (AvgIpc) is 3.35. The van der Waals surface area contributed by atoms with Crippen LogP contribution in [0.3, 0.4) is 0 Å². The van der Waals surface area contributed by atoms with Gasteiger partial charge in [0, 0.05) is 61.2 Å². The van der Waals surface area contributed by atoms with Crippen LogP contribution < -0.4 is 15.0 Å². The minimum atomic E-state index is -0.560. The summed E-state index contributed by atoms with van der Waals surface area (Å²) < 4.78 is 28.6. The predicted octanol–water partition coefficient (Wildman–Crippen LogP) is 6.80. The van der Waals surface area contributed by atoms with Crippen molar-refractivity contribution in [3.8, 4) is 6.01 Å². The number of morpholine rings is 1. The predicted molar refractivity (Wildman–Crippen MR) is 183 cm³/mol. The second-order valence-electron chi connectivity index (χ2n) is 13.4. The minimum absolute atomic E-state index is 0.00372. The van der Waals surface area contributed by atoms with Gasteiger partial charge in [-0.25, -0.2) is 4.39 Å². The van der Waals surface area contributed by atoms with Crippen molar-refractivity contribution in [2.24, 2.45) is 5.92 Å². The summed E-state index contributed by atoms with van der Waals surface area (Å²) in [4.78, 5) is 14.1. The number of hydrogen-bond donors (Lipinski definition) is 2. The fraction of sp³-hybridized carbons (Fsp3) is 0.500. The normalized spacial score (nSPS) is 24.9. The molecule has 46 heavy (non-hydrogen) atoms. The van der Waals surface area contributed by atoms with Gasteiger partial charge in [0.05, 0.1) is 24.3 Å². The minimum Gasteiger partial charge on any atom is -0.508 e. The number of nitrogens with zero attached hydrogens (tertiary/aromatic N) is 4. The molecule has 0 aliphatic carbocycles. The molecule has 2 bridgehead atoms. The van der Waals surface area contributed by atoms with Crippen LogP contribution in [0.1, 0.15) is 57.2 Å². The summed E-state index contributed by atoms with van der Waals surface area (Å²) in [5.41, 5.74) is 2.74. The van der Waals surface area contributed by atoms with E-state index < -0.39 is 5.82 Å². The molecule has 3 fully saturated rings. The van der Waals surface area contributed by atoms with E-state index in [4.69, 9.17) is 26.1 Å². The summed E-state index contributed by atoms with van der Waals surface area (Å²) in [7, 11) is 0. The zero-order valence-electron chi connectivity index (χ0n) is 27.4. The van der Waals surface area contributed by atoms with Crippen LogP contribution in [0.15, 0.2) is 42.2 Å². The lowest BCUT2D eigenvalue weighted by atomic mass is 10.0. The van der Waals surface area contributed by atoms with Gasteiger partial charge in [0.2, 0.25) is 0 Å². The molecule has 0 saturated carbocycles. The van der Waals surface area contributed by atoms with E-state index in [0.717, 1.165) is 56.8 Å². The molecule has 3 saturated heterocycles. The number of aromatic nitrogens is 2. The summed E-state index contributed by atoms with van der Waals surface area (Å²) in [6.07, 6.45) is 5.60. The molecule has 6 rings (SSSR count). The summed E-state index contributed by atoms with van der Waals surface area (Å²) in [6.45, 7) is 14.5. The molecule has 5 atom stereocenters. The van der Waals surface area contributed by atoms with Crippen LogP contribution in [0.5, 0.6) is 6.01 Å². The maximum absolute atomic E-state index is 16.6. The molecule has 2 N–H and O–H groups in total. The smallest absolute Gasteiger partial charge is 0.319 e. The van der Waals surface area contributed by atoms with Gasteiger partial charge in [-0.05, 0) is 75.5 Å². The van der Waals surface area contributed by atoms with Crippen LogP contribution in [0.25, 0.3) is 22.6 Å². The zero-order valence-corrected chi connectivity index (χ0v) is 28.1. The van der Waals surface area contributed by atoms with E-state index in [0.29, 0.717) is 41.5 Å². The number of fused-ring (bicyclic) bond motifs is 3. The topological polar surface area (TPSA) is 83.0 Å². The SMILES string of the molecule is C/C(=C\C(O)=C/c1ccccc1C)c1c(Cl)cc2c(N3CC4CCC(C3)N4)nc(OC[C@H](C)CN3C[C@@H](C)OC[C@@H]3C)nc2c1F. The molecule has 246 valence electrons. The standard InChI is InChI=1S/C36H45ClFN5O3/c1-21(15-42-16-25(5)45-20-24(42)4)19-46-36-40-34-30(35(41-36)43-17-27-10-11-28(18-43)39-27)14-31(37)32(33(34)38)23(3)12-29(44)13-26-9-7-6-8-22(26)2/h6-9,12-14,21,24-25,27-28,39,44H,10-11,15-20H2,1-5H3/b23-12+,29-13+/t21-,24+,25-,27?,28?/m1/s1. The number of anilines is 1. The molecular weight excluding hydrogens is 605 g/mol. The number of allylic oxidation sites excluding steroid dienone is 2. The molecule has 10 heteroatoms. The number of rotatable bonds is 9. The summed E-state index contributed by atoms with van der Waals surface area (Å²) in [5, 5.41) is 15.2. The van der Waals surface area contributed by atoms with Crippen LogP contribution in [0.2, 0.25) is 5.02 Å². The van der Waals surface area contributed by atoms with Gasteiger partial charge in [-0.2, -0.15) is 9.97 Å². The van der Waals surface area contributed by atoms with Crippen molar-refractivity contribution in [2.45, 2.75) is 71.7 Å². The highest BCUT2D eigenvalue weighted by Crippen LogP contribution is 2.38. The first-order valence-electron chi connectivity index (χ1n) is 16.4. The molecule has 8 nitrogen and oxygen atoms in total. The van der Waals surface area contributed by atoms with E-state index in [1.54, 1.807) is 19.1 Å². The van der Waals surface area contributed by atoms with E-state index >= 15 is 4.39 Å². The van der Waals surface area contributed by atoms with Gasteiger partial charge in [-0.15, -0.1) is 0 Å². The molecule has 4 heterocycles.